The Bertz CT molecular complexity index is 801. The van der Waals surface area contributed by atoms with Gasteiger partial charge in [0.2, 0.25) is 0 Å². The molecule has 144 valence electrons. The molecule has 27 heavy (non-hydrogen) atoms. The van der Waals surface area contributed by atoms with Gasteiger partial charge in [0.15, 0.2) is 0 Å². The third-order valence-corrected chi connectivity index (χ3v) is 5.29. The number of likely N-dealkylation sites (tertiary alicyclic amines) is 1. The molecule has 1 aliphatic heterocycles. The Labute approximate surface area is 160 Å². The minimum Gasteiger partial charge on any atom is -0.505 e. The number of hydrogen-bond acceptors (Lipinski definition) is 5. The molecule has 0 spiro atoms. The van der Waals surface area contributed by atoms with Crippen LogP contribution in [0.15, 0.2) is 35.5 Å². The van der Waals surface area contributed by atoms with E-state index in [0.717, 1.165) is 24.4 Å². The van der Waals surface area contributed by atoms with Crippen molar-refractivity contribution in [1.82, 2.24) is 4.98 Å². The molecule has 3 N–H and O–H groups in total. The molecule has 1 aromatic heterocycles. The van der Waals surface area contributed by atoms with Crippen molar-refractivity contribution in [2.45, 2.75) is 32.4 Å². The number of quaternary nitrogens is 1. The summed E-state index contributed by atoms with van der Waals surface area (Å²) in [7, 11) is 1.70. The van der Waals surface area contributed by atoms with Crippen LogP contribution in [0.4, 0.5) is 0 Å². The molecule has 1 aromatic carbocycles. The second kappa shape index (κ2) is 8.97. The van der Waals surface area contributed by atoms with Gasteiger partial charge in [0.1, 0.15) is 17.5 Å². The lowest BCUT2D eigenvalue weighted by atomic mass is 10.0. The van der Waals surface area contributed by atoms with Crippen molar-refractivity contribution in [2.24, 2.45) is 4.99 Å². The van der Waals surface area contributed by atoms with Crippen LogP contribution in [0.25, 0.3) is 0 Å². The predicted octanol–water partition coefficient (Wildman–Crippen LogP) is 1.44. The maximum absolute atomic E-state index is 10.3. The van der Waals surface area contributed by atoms with Crippen LogP contribution in [0, 0.1) is 6.92 Å². The number of aliphatic hydroxyl groups excluding tert-OH is 1. The summed E-state index contributed by atoms with van der Waals surface area (Å²) in [6.45, 7) is 4.39. The van der Waals surface area contributed by atoms with Gasteiger partial charge in [0, 0.05) is 36.4 Å². The van der Waals surface area contributed by atoms with Gasteiger partial charge in [-0.05, 0) is 19.1 Å². The topological polar surface area (TPSA) is 79.4 Å². The van der Waals surface area contributed by atoms with Gasteiger partial charge in [0.25, 0.3) is 0 Å². The summed E-state index contributed by atoms with van der Waals surface area (Å²) in [5, 5.41) is 19.8. The summed E-state index contributed by atoms with van der Waals surface area (Å²) in [6, 6.07) is 8.31. The van der Waals surface area contributed by atoms with Gasteiger partial charge in [-0.25, -0.2) is 0 Å². The molecule has 0 unspecified atom stereocenters. The average Bonchev–Trinajstić information content (AvgIpc) is 3.23. The molecule has 1 saturated heterocycles. The maximum Gasteiger partial charge on any atom is 0.145 e. The van der Waals surface area contributed by atoms with Crippen LogP contribution in [0.1, 0.15) is 41.3 Å². The highest BCUT2D eigenvalue weighted by Crippen LogP contribution is 2.25. The number of para-hydroxylation sites is 1. The number of rotatable bonds is 7. The first-order valence-corrected chi connectivity index (χ1v) is 9.41. The Morgan fingerprint density at radius 3 is 2.74 bits per heavy atom. The number of aromatic hydroxyl groups is 1. The number of hydrogen-bond donors (Lipinski definition) is 3. The number of pyridine rings is 1. The number of aromatic nitrogens is 1. The monoisotopic (exact) mass is 370 g/mol. The molecule has 1 atom stereocenters. The molecule has 6 heteroatoms. The fourth-order valence-corrected chi connectivity index (χ4v) is 3.75. The van der Waals surface area contributed by atoms with Gasteiger partial charge < -0.3 is 19.8 Å². The molecule has 2 heterocycles. The molecule has 0 radical (unpaired) electrons. The zero-order valence-corrected chi connectivity index (χ0v) is 16.0. The lowest BCUT2D eigenvalue weighted by Gasteiger charge is -2.25. The van der Waals surface area contributed by atoms with E-state index in [1.54, 1.807) is 26.4 Å². The zero-order chi connectivity index (χ0) is 19.2. The van der Waals surface area contributed by atoms with Gasteiger partial charge in [-0.1, -0.05) is 12.1 Å². The van der Waals surface area contributed by atoms with Crippen molar-refractivity contribution >= 4 is 6.21 Å². The standard InChI is InChI=1S/C21H27N3O3/c1-15-21(26)18(16(14-25)11-23-15)12-22-13-19(24-9-5-6-10-24)17-7-3-4-8-20(17)27-2/h3-4,7-8,11-12,19,25-26H,5-6,9-10,13-14H2,1-2H3/p+1/t19-/m1/s1. The zero-order valence-electron chi connectivity index (χ0n) is 16.0. The quantitative estimate of drug-likeness (QED) is 0.645. The van der Waals surface area contributed by atoms with Crippen molar-refractivity contribution in [2.75, 3.05) is 26.7 Å². The SMILES string of the molecule is COc1ccccc1[C@@H](CN=Cc1c(CO)cnc(C)c1O)[NH+]1CCCC1. The van der Waals surface area contributed by atoms with Gasteiger partial charge in [-0.3, -0.25) is 9.98 Å². The second-order valence-electron chi connectivity index (χ2n) is 6.94. The number of benzene rings is 1. The second-order valence-corrected chi connectivity index (χ2v) is 6.94. The number of methoxy groups -OCH3 is 1. The van der Waals surface area contributed by atoms with E-state index in [9.17, 15) is 10.2 Å². The summed E-state index contributed by atoms with van der Waals surface area (Å²) < 4.78 is 5.58. The minimum atomic E-state index is -0.185. The van der Waals surface area contributed by atoms with Gasteiger partial charge >= 0.3 is 0 Å². The van der Waals surface area contributed by atoms with E-state index in [-0.39, 0.29) is 18.4 Å². The molecule has 3 rings (SSSR count). The van der Waals surface area contributed by atoms with Crippen molar-refractivity contribution in [3.8, 4) is 11.5 Å². The average molecular weight is 370 g/mol. The summed E-state index contributed by atoms with van der Waals surface area (Å²) in [4.78, 5) is 10.3. The van der Waals surface area contributed by atoms with Crippen LogP contribution >= 0.6 is 0 Å². The molecule has 6 nitrogen and oxygen atoms in total. The molecule has 1 fully saturated rings. The lowest BCUT2D eigenvalue weighted by Crippen LogP contribution is -3.10. The number of nitrogens with zero attached hydrogens (tertiary/aromatic N) is 2. The van der Waals surface area contributed by atoms with Crippen LogP contribution in [0.5, 0.6) is 11.5 Å². The van der Waals surface area contributed by atoms with Gasteiger partial charge in [-0.2, -0.15) is 0 Å². The Morgan fingerprint density at radius 1 is 1.30 bits per heavy atom. The highest BCUT2D eigenvalue weighted by Gasteiger charge is 2.29. The number of aryl methyl sites for hydroxylation is 1. The molecule has 0 amide bonds. The molecular weight excluding hydrogens is 342 g/mol. The van der Waals surface area contributed by atoms with Crippen LogP contribution in [-0.4, -0.2) is 48.2 Å². The third kappa shape index (κ3) is 4.28. The summed E-state index contributed by atoms with van der Waals surface area (Å²) in [5.74, 6) is 0.961. The Balaban J connectivity index is 1.88. The van der Waals surface area contributed by atoms with E-state index in [1.807, 2.05) is 18.2 Å². The third-order valence-electron chi connectivity index (χ3n) is 5.29. The summed E-state index contributed by atoms with van der Waals surface area (Å²) >= 11 is 0. The maximum atomic E-state index is 10.3. The highest BCUT2D eigenvalue weighted by molar-refractivity contribution is 5.85. The Kier molecular flexibility index (Phi) is 6.42. The van der Waals surface area contributed by atoms with Crippen molar-refractivity contribution in [3.63, 3.8) is 0 Å². The number of aliphatic hydroxyl groups is 1. The molecule has 1 aliphatic rings. The number of nitrogens with one attached hydrogen (secondary N) is 1. The van der Waals surface area contributed by atoms with E-state index in [2.05, 4.69) is 16.0 Å². The first kappa shape index (κ1) is 19.3. The fraction of sp³-hybridized carbons (Fsp3) is 0.429. The highest BCUT2D eigenvalue weighted by atomic mass is 16.5. The van der Waals surface area contributed by atoms with E-state index in [1.165, 1.54) is 17.7 Å². The molecule has 2 aromatic rings. The van der Waals surface area contributed by atoms with E-state index < -0.39 is 0 Å². The molecule has 0 saturated carbocycles. The molecular formula is C21H28N3O3+. The van der Waals surface area contributed by atoms with Crippen molar-refractivity contribution in [3.05, 3.63) is 52.8 Å². The largest absolute Gasteiger partial charge is 0.505 e. The number of aliphatic imine (C=N–C) groups is 1. The van der Waals surface area contributed by atoms with Gasteiger partial charge in [0.05, 0.1) is 44.6 Å². The first-order chi connectivity index (χ1) is 13.2. The van der Waals surface area contributed by atoms with Gasteiger partial charge in [-0.15, -0.1) is 0 Å². The van der Waals surface area contributed by atoms with Crippen LogP contribution in [0.2, 0.25) is 0 Å². The van der Waals surface area contributed by atoms with E-state index >= 15 is 0 Å². The number of ether oxygens (including phenoxy) is 1. The minimum absolute atomic E-state index is 0.0765. The Morgan fingerprint density at radius 2 is 2.04 bits per heavy atom. The molecule has 0 bridgehead atoms. The van der Waals surface area contributed by atoms with E-state index in [0.29, 0.717) is 23.4 Å². The normalized spacial score (nSPS) is 16.1. The summed E-state index contributed by atoms with van der Waals surface area (Å²) in [5.41, 5.74) is 2.80. The van der Waals surface area contributed by atoms with Crippen molar-refractivity contribution in [1.29, 1.82) is 0 Å². The van der Waals surface area contributed by atoms with Crippen molar-refractivity contribution < 1.29 is 19.8 Å². The molecule has 0 aliphatic carbocycles. The van der Waals surface area contributed by atoms with E-state index in [4.69, 9.17) is 4.74 Å². The Hall–Kier alpha value is -2.44. The van der Waals surface area contributed by atoms with Crippen LogP contribution < -0.4 is 9.64 Å². The fourth-order valence-electron chi connectivity index (χ4n) is 3.75. The summed E-state index contributed by atoms with van der Waals surface area (Å²) in [6.07, 6.45) is 5.70. The van der Waals surface area contributed by atoms with Crippen LogP contribution in [0.3, 0.4) is 0 Å². The smallest absolute Gasteiger partial charge is 0.145 e. The lowest BCUT2D eigenvalue weighted by molar-refractivity contribution is -0.918. The predicted molar refractivity (Wildman–Crippen MR) is 105 cm³/mol. The first-order valence-electron chi connectivity index (χ1n) is 9.41. The van der Waals surface area contributed by atoms with Crippen LogP contribution in [-0.2, 0) is 6.61 Å².